The minimum absolute atomic E-state index is 0.0974. The quantitative estimate of drug-likeness (QED) is 0.674. The van der Waals surface area contributed by atoms with E-state index in [1.54, 1.807) is 44.4 Å². The molecular weight excluding hydrogens is 348 g/mol. The first-order valence-corrected chi connectivity index (χ1v) is 11.7. The van der Waals surface area contributed by atoms with Gasteiger partial charge in [0.05, 0.1) is 12.7 Å². The molecule has 6 heteroatoms. The summed E-state index contributed by atoms with van der Waals surface area (Å²) in [4.78, 5) is 13.0. The highest BCUT2D eigenvalue weighted by Crippen LogP contribution is 2.36. The third-order valence-electron chi connectivity index (χ3n) is 4.06. The van der Waals surface area contributed by atoms with Crippen LogP contribution in [0.3, 0.4) is 0 Å². The first-order valence-electron chi connectivity index (χ1n) is 8.33. The van der Waals surface area contributed by atoms with Gasteiger partial charge in [-0.3, -0.25) is 4.79 Å². The predicted octanol–water partition coefficient (Wildman–Crippen LogP) is 4.70. The Morgan fingerprint density at radius 3 is 2.35 bits per heavy atom. The number of hydrogen-bond donors (Lipinski definition) is 1. The van der Waals surface area contributed by atoms with E-state index in [1.807, 2.05) is 0 Å². The van der Waals surface area contributed by atoms with Crippen LogP contribution < -0.4 is 14.6 Å². The summed E-state index contributed by atoms with van der Waals surface area (Å²) in [6, 6.07) is 8.79. The lowest BCUT2D eigenvalue weighted by atomic mass is 10.0. The standard InChI is InChI=1S/C20H22O5Si/c1-12-16(25-26(3,4)5)10-17-18(19(12)21)20(22)15(11-24-17)13-6-8-14(23-2)9-7-13/h6-11,21H,1-5H3. The molecule has 0 unspecified atom stereocenters. The number of hydrogen-bond acceptors (Lipinski definition) is 5. The van der Waals surface area contributed by atoms with Crippen LogP contribution in [0.25, 0.3) is 22.1 Å². The molecule has 3 rings (SSSR count). The summed E-state index contributed by atoms with van der Waals surface area (Å²) in [5, 5.41) is 10.8. The van der Waals surface area contributed by atoms with Crippen molar-refractivity contribution in [3.05, 3.63) is 52.4 Å². The smallest absolute Gasteiger partial charge is 0.242 e. The van der Waals surface area contributed by atoms with Gasteiger partial charge in [-0.2, -0.15) is 0 Å². The van der Waals surface area contributed by atoms with Gasteiger partial charge in [-0.1, -0.05) is 12.1 Å². The second-order valence-corrected chi connectivity index (χ2v) is 11.6. The van der Waals surface area contributed by atoms with E-state index in [0.29, 0.717) is 33.8 Å². The summed E-state index contributed by atoms with van der Waals surface area (Å²) in [7, 11) is -0.285. The highest BCUT2D eigenvalue weighted by molar-refractivity contribution is 6.70. The highest BCUT2D eigenvalue weighted by Gasteiger charge is 2.22. The Morgan fingerprint density at radius 2 is 1.77 bits per heavy atom. The van der Waals surface area contributed by atoms with Gasteiger partial charge < -0.3 is 18.7 Å². The zero-order valence-electron chi connectivity index (χ0n) is 15.5. The largest absolute Gasteiger partial charge is 0.544 e. The van der Waals surface area contributed by atoms with Gasteiger partial charge in [0, 0.05) is 11.6 Å². The van der Waals surface area contributed by atoms with Crippen LogP contribution in [0.4, 0.5) is 0 Å². The number of aromatic hydroxyl groups is 1. The lowest BCUT2D eigenvalue weighted by Gasteiger charge is -2.21. The molecule has 3 aromatic rings. The van der Waals surface area contributed by atoms with E-state index in [2.05, 4.69) is 19.6 Å². The van der Waals surface area contributed by atoms with Crippen molar-refractivity contribution in [3.63, 3.8) is 0 Å². The second kappa shape index (κ2) is 6.53. The van der Waals surface area contributed by atoms with Crippen LogP contribution in [-0.4, -0.2) is 20.5 Å². The van der Waals surface area contributed by atoms with Gasteiger partial charge in [-0.15, -0.1) is 0 Å². The molecule has 0 saturated carbocycles. The Labute approximate surface area is 152 Å². The molecule has 0 spiro atoms. The maximum atomic E-state index is 13.0. The summed E-state index contributed by atoms with van der Waals surface area (Å²) in [5.41, 5.74) is 1.65. The molecule has 0 radical (unpaired) electrons. The maximum absolute atomic E-state index is 13.0. The van der Waals surface area contributed by atoms with Crippen LogP contribution in [0.15, 0.2) is 45.8 Å². The third-order valence-corrected chi connectivity index (χ3v) is 4.90. The second-order valence-electron chi connectivity index (χ2n) is 7.14. The van der Waals surface area contributed by atoms with Crippen LogP contribution in [-0.2, 0) is 0 Å². The van der Waals surface area contributed by atoms with Gasteiger partial charge >= 0.3 is 0 Å². The van der Waals surface area contributed by atoms with Crippen molar-refractivity contribution in [2.75, 3.05) is 7.11 Å². The summed E-state index contributed by atoms with van der Waals surface area (Å²) < 4.78 is 16.8. The molecular formula is C20H22O5Si. The first-order chi connectivity index (χ1) is 12.2. The molecule has 0 amide bonds. The molecule has 0 aliphatic rings. The van der Waals surface area contributed by atoms with E-state index in [4.69, 9.17) is 13.6 Å². The minimum Gasteiger partial charge on any atom is -0.544 e. The Balaban J connectivity index is 2.19. The van der Waals surface area contributed by atoms with Crippen molar-refractivity contribution < 1.29 is 18.7 Å². The normalized spacial score (nSPS) is 11.6. The Morgan fingerprint density at radius 1 is 1.12 bits per heavy atom. The average Bonchev–Trinajstić information content (AvgIpc) is 2.58. The predicted molar refractivity (Wildman–Crippen MR) is 105 cm³/mol. The van der Waals surface area contributed by atoms with E-state index in [1.165, 1.54) is 6.26 Å². The molecule has 0 aliphatic carbocycles. The zero-order valence-corrected chi connectivity index (χ0v) is 16.5. The van der Waals surface area contributed by atoms with Crippen LogP contribution in [0.2, 0.25) is 19.6 Å². The van der Waals surface area contributed by atoms with Gasteiger partial charge in [0.15, 0.2) is 0 Å². The van der Waals surface area contributed by atoms with Crippen molar-refractivity contribution in [1.29, 1.82) is 0 Å². The Kier molecular flexibility index (Phi) is 4.54. The topological polar surface area (TPSA) is 68.9 Å². The van der Waals surface area contributed by atoms with E-state index in [0.717, 1.165) is 0 Å². The van der Waals surface area contributed by atoms with E-state index in [9.17, 15) is 9.90 Å². The van der Waals surface area contributed by atoms with Crippen LogP contribution >= 0.6 is 0 Å². The number of fused-ring (bicyclic) bond motifs is 1. The lowest BCUT2D eigenvalue weighted by Crippen LogP contribution is -2.29. The number of ether oxygens (including phenoxy) is 1. The van der Waals surface area contributed by atoms with E-state index < -0.39 is 8.32 Å². The lowest BCUT2D eigenvalue weighted by molar-refractivity contribution is 0.415. The van der Waals surface area contributed by atoms with Crippen molar-refractivity contribution in [2.24, 2.45) is 0 Å². The van der Waals surface area contributed by atoms with Crippen molar-refractivity contribution in [2.45, 2.75) is 26.6 Å². The molecule has 136 valence electrons. The number of methoxy groups -OCH3 is 1. The first kappa shape index (κ1) is 18.1. The van der Waals surface area contributed by atoms with Crippen LogP contribution in [0.1, 0.15) is 5.56 Å². The zero-order chi connectivity index (χ0) is 19.1. The molecule has 1 aromatic heterocycles. The van der Waals surface area contributed by atoms with Gasteiger partial charge in [0.1, 0.15) is 34.5 Å². The van der Waals surface area contributed by atoms with Crippen molar-refractivity contribution >= 4 is 19.3 Å². The summed E-state index contributed by atoms with van der Waals surface area (Å²) in [5.74, 6) is 1.15. The minimum atomic E-state index is -1.87. The molecule has 0 saturated heterocycles. The summed E-state index contributed by atoms with van der Waals surface area (Å²) in [6.45, 7) is 7.90. The SMILES string of the molecule is COc1ccc(-c2coc3cc(O[Si](C)(C)C)c(C)c(O)c3c2=O)cc1. The molecule has 1 heterocycles. The highest BCUT2D eigenvalue weighted by atomic mass is 28.4. The molecule has 0 fully saturated rings. The maximum Gasteiger partial charge on any atom is 0.242 e. The molecule has 0 atom stereocenters. The molecule has 5 nitrogen and oxygen atoms in total. The fourth-order valence-electron chi connectivity index (χ4n) is 2.75. The Bertz CT molecular complexity index is 1010. The molecule has 2 aromatic carbocycles. The Hall–Kier alpha value is -2.73. The summed E-state index contributed by atoms with van der Waals surface area (Å²) in [6.07, 6.45) is 1.42. The fourth-order valence-corrected chi connectivity index (χ4v) is 3.62. The van der Waals surface area contributed by atoms with Crippen LogP contribution in [0, 0.1) is 6.92 Å². The van der Waals surface area contributed by atoms with Gasteiger partial charge in [0.2, 0.25) is 13.7 Å². The monoisotopic (exact) mass is 370 g/mol. The molecule has 1 N–H and O–H groups in total. The van der Waals surface area contributed by atoms with Gasteiger partial charge in [0.25, 0.3) is 0 Å². The molecule has 26 heavy (non-hydrogen) atoms. The summed E-state index contributed by atoms with van der Waals surface area (Å²) >= 11 is 0. The van der Waals surface area contributed by atoms with Crippen molar-refractivity contribution in [1.82, 2.24) is 0 Å². The number of rotatable bonds is 4. The molecule has 0 bridgehead atoms. The molecule has 0 aliphatic heterocycles. The number of phenolic OH excluding ortho intramolecular Hbond substituents is 1. The van der Waals surface area contributed by atoms with Gasteiger partial charge in [-0.25, -0.2) is 0 Å². The fraction of sp³-hybridized carbons (Fsp3) is 0.250. The number of benzene rings is 2. The van der Waals surface area contributed by atoms with Crippen LogP contribution in [0.5, 0.6) is 17.2 Å². The number of phenols is 1. The van der Waals surface area contributed by atoms with E-state index in [-0.39, 0.29) is 16.6 Å². The average molecular weight is 370 g/mol. The van der Waals surface area contributed by atoms with E-state index >= 15 is 0 Å². The third kappa shape index (κ3) is 3.32. The van der Waals surface area contributed by atoms with Gasteiger partial charge in [-0.05, 0) is 44.3 Å². The van der Waals surface area contributed by atoms with Crippen molar-refractivity contribution in [3.8, 4) is 28.4 Å².